The van der Waals surface area contributed by atoms with Crippen LogP contribution in [0.5, 0.6) is 0 Å². The molecule has 0 radical (unpaired) electrons. The monoisotopic (exact) mass is 355 g/mol. The third-order valence-electron chi connectivity index (χ3n) is 4.02. The highest BCUT2D eigenvalue weighted by atomic mass is 79.9. The van der Waals surface area contributed by atoms with E-state index in [4.69, 9.17) is 0 Å². The highest BCUT2D eigenvalue weighted by Crippen LogP contribution is 2.28. The molecular formula is C15H22BrN3O2. The van der Waals surface area contributed by atoms with Crippen LogP contribution in [-0.2, 0) is 6.54 Å². The molecule has 1 aliphatic heterocycles. The van der Waals surface area contributed by atoms with Gasteiger partial charge in [-0.2, -0.15) is 0 Å². The van der Waals surface area contributed by atoms with Crippen molar-refractivity contribution >= 4 is 21.6 Å². The SMILES string of the molecule is CC(CNCc1cccc([N+](=O)[O-])c1Br)N1CCCCC1. The molecule has 0 aliphatic carbocycles. The van der Waals surface area contributed by atoms with Crippen LogP contribution in [0, 0.1) is 10.1 Å². The first-order valence-corrected chi connectivity index (χ1v) is 8.25. The van der Waals surface area contributed by atoms with Crippen LogP contribution < -0.4 is 5.32 Å². The summed E-state index contributed by atoms with van der Waals surface area (Å²) in [6.07, 6.45) is 3.93. The van der Waals surface area contributed by atoms with Gasteiger partial charge in [0.2, 0.25) is 0 Å². The minimum Gasteiger partial charge on any atom is -0.311 e. The fourth-order valence-electron chi connectivity index (χ4n) is 2.75. The maximum Gasteiger partial charge on any atom is 0.283 e. The van der Waals surface area contributed by atoms with E-state index in [9.17, 15) is 10.1 Å². The van der Waals surface area contributed by atoms with E-state index in [0.29, 0.717) is 17.1 Å². The first-order valence-electron chi connectivity index (χ1n) is 7.46. The summed E-state index contributed by atoms with van der Waals surface area (Å²) in [4.78, 5) is 13.1. The Hall–Kier alpha value is -0.980. The minimum absolute atomic E-state index is 0.123. The average molecular weight is 356 g/mol. The summed E-state index contributed by atoms with van der Waals surface area (Å²) in [7, 11) is 0. The number of nitro benzene ring substituents is 1. The van der Waals surface area contributed by atoms with Crippen molar-refractivity contribution in [2.75, 3.05) is 19.6 Å². The minimum atomic E-state index is -0.357. The molecule has 1 saturated heterocycles. The van der Waals surface area contributed by atoms with Crippen molar-refractivity contribution in [3.05, 3.63) is 38.3 Å². The summed E-state index contributed by atoms with van der Waals surface area (Å²) in [5.41, 5.74) is 1.05. The zero-order valence-electron chi connectivity index (χ0n) is 12.3. The lowest BCUT2D eigenvalue weighted by Crippen LogP contribution is -2.42. The van der Waals surface area contributed by atoms with E-state index in [0.717, 1.165) is 12.1 Å². The maximum absolute atomic E-state index is 10.9. The Morgan fingerprint density at radius 2 is 2.10 bits per heavy atom. The Balaban J connectivity index is 1.85. The molecule has 21 heavy (non-hydrogen) atoms. The number of rotatable bonds is 6. The number of nitrogens with one attached hydrogen (secondary N) is 1. The van der Waals surface area contributed by atoms with Gasteiger partial charge in [-0.05, 0) is 54.3 Å². The van der Waals surface area contributed by atoms with Gasteiger partial charge in [0, 0.05) is 25.2 Å². The van der Waals surface area contributed by atoms with Gasteiger partial charge < -0.3 is 5.32 Å². The summed E-state index contributed by atoms with van der Waals surface area (Å²) in [5, 5.41) is 14.3. The number of hydrogen-bond acceptors (Lipinski definition) is 4. The first-order chi connectivity index (χ1) is 10.1. The molecule has 0 saturated carbocycles. The first kappa shape index (κ1) is 16.4. The second-order valence-corrected chi connectivity index (χ2v) is 6.38. The van der Waals surface area contributed by atoms with Crippen LogP contribution in [0.15, 0.2) is 22.7 Å². The molecule has 5 nitrogen and oxygen atoms in total. The highest BCUT2D eigenvalue weighted by Gasteiger charge is 2.17. The lowest BCUT2D eigenvalue weighted by Gasteiger charge is -2.32. The zero-order chi connectivity index (χ0) is 15.2. The molecule has 0 spiro atoms. The Morgan fingerprint density at radius 3 is 2.76 bits per heavy atom. The van der Waals surface area contributed by atoms with E-state index in [-0.39, 0.29) is 10.6 Å². The molecule has 1 aliphatic rings. The van der Waals surface area contributed by atoms with E-state index < -0.39 is 0 Å². The fourth-order valence-corrected chi connectivity index (χ4v) is 3.30. The normalized spacial score (nSPS) is 17.6. The molecule has 0 aromatic heterocycles. The standard InChI is InChI=1S/C15H22BrN3O2/c1-12(18-8-3-2-4-9-18)10-17-11-13-6-5-7-14(15(13)16)19(20)21/h5-7,12,17H,2-4,8-11H2,1H3. The van der Waals surface area contributed by atoms with Crippen molar-refractivity contribution in [1.29, 1.82) is 0 Å². The lowest BCUT2D eigenvalue weighted by atomic mass is 10.1. The van der Waals surface area contributed by atoms with Crippen LogP contribution in [0.25, 0.3) is 0 Å². The molecule has 0 amide bonds. The smallest absolute Gasteiger partial charge is 0.283 e. The Labute approximate surface area is 134 Å². The molecule has 2 rings (SSSR count). The van der Waals surface area contributed by atoms with Crippen molar-refractivity contribution < 1.29 is 4.92 Å². The van der Waals surface area contributed by atoms with Gasteiger partial charge >= 0.3 is 0 Å². The third-order valence-corrected chi connectivity index (χ3v) is 4.94. The molecule has 6 heteroatoms. The predicted octanol–water partition coefficient (Wildman–Crippen LogP) is 3.32. The average Bonchev–Trinajstić information content (AvgIpc) is 2.49. The number of benzene rings is 1. The zero-order valence-corrected chi connectivity index (χ0v) is 13.9. The third kappa shape index (κ3) is 4.49. The topological polar surface area (TPSA) is 58.4 Å². The van der Waals surface area contributed by atoms with Crippen molar-refractivity contribution in [3.63, 3.8) is 0 Å². The summed E-state index contributed by atoms with van der Waals surface area (Å²) in [6, 6.07) is 5.66. The Kier molecular flexibility index (Phi) is 6.14. The number of piperidine rings is 1. The molecule has 0 bridgehead atoms. The van der Waals surface area contributed by atoms with Gasteiger partial charge in [0.25, 0.3) is 5.69 Å². The van der Waals surface area contributed by atoms with E-state index in [1.54, 1.807) is 6.07 Å². The summed E-state index contributed by atoms with van der Waals surface area (Å²) < 4.78 is 0.577. The Morgan fingerprint density at radius 1 is 1.38 bits per heavy atom. The highest BCUT2D eigenvalue weighted by molar-refractivity contribution is 9.10. The molecule has 1 fully saturated rings. The van der Waals surface area contributed by atoms with E-state index >= 15 is 0 Å². The van der Waals surface area contributed by atoms with E-state index in [1.165, 1.54) is 38.4 Å². The molecule has 116 valence electrons. The lowest BCUT2D eigenvalue weighted by molar-refractivity contribution is -0.385. The second-order valence-electron chi connectivity index (χ2n) is 5.58. The van der Waals surface area contributed by atoms with Crippen LogP contribution in [0.4, 0.5) is 5.69 Å². The van der Waals surface area contributed by atoms with Gasteiger partial charge in [0.1, 0.15) is 0 Å². The predicted molar refractivity (Wildman–Crippen MR) is 87.4 cm³/mol. The van der Waals surface area contributed by atoms with Gasteiger partial charge in [-0.15, -0.1) is 0 Å². The summed E-state index contributed by atoms with van der Waals surface area (Å²) in [6.45, 7) is 6.14. The summed E-state index contributed by atoms with van der Waals surface area (Å²) in [5.74, 6) is 0. The number of halogens is 1. The largest absolute Gasteiger partial charge is 0.311 e. The van der Waals surface area contributed by atoms with Gasteiger partial charge in [-0.25, -0.2) is 0 Å². The van der Waals surface area contributed by atoms with Crippen molar-refractivity contribution in [3.8, 4) is 0 Å². The van der Waals surface area contributed by atoms with Gasteiger partial charge in [0.05, 0.1) is 9.40 Å². The van der Waals surface area contributed by atoms with Crippen LogP contribution in [0.2, 0.25) is 0 Å². The number of nitro groups is 1. The summed E-state index contributed by atoms with van der Waals surface area (Å²) >= 11 is 3.33. The number of hydrogen-bond donors (Lipinski definition) is 1. The molecule has 1 atom stereocenters. The molecule has 1 unspecified atom stereocenters. The molecule has 1 heterocycles. The van der Waals surface area contributed by atoms with Crippen molar-refractivity contribution in [2.24, 2.45) is 0 Å². The fraction of sp³-hybridized carbons (Fsp3) is 0.600. The number of likely N-dealkylation sites (tertiary alicyclic amines) is 1. The quantitative estimate of drug-likeness (QED) is 0.628. The Bertz CT molecular complexity index is 490. The molecule has 1 aromatic carbocycles. The maximum atomic E-state index is 10.9. The second kappa shape index (κ2) is 7.87. The van der Waals surface area contributed by atoms with E-state index in [2.05, 4.69) is 33.1 Å². The van der Waals surface area contributed by atoms with Crippen LogP contribution >= 0.6 is 15.9 Å². The molecule has 1 aromatic rings. The number of nitrogens with zero attached hydrogens (tertiary/aromatic N) is 2. The van der Waals surface area contributed by atoms with Crippen molar-refractivity contribution in [1.82, 2.24) is 10.2 Å². The van der Waals surface area contributed by atoms with Crippen LogP contribution in [0.1, 0.15) is 31.7 Å². The van der Waals surface area contributed by atoms with Crippen molar-refractivity contribution in [2.45, 2.75) is 38.8 Å². The van der Waals surface area contributed by atoms with Gasteiger partial charge in [-0.1, -0.05) is 18.6 Å². The van der Waals surface area contributed by atoms with Crippen LogP contribution in [0.3, 0.4) is 0 Å². The van der Waals surface area contributed by atoms with Crippen LogP contribution in [-0.4, -0.2) is 35.5 Å². The molecular weight excluding hydrogens is 334 g/mol. The molecule has 1 N–H and O–H groups in total. The van der Waals surface area contributed by atoms with Gasteiger partial charge in [-0.3, -0.25) is 15.0 Å². The van der Waals surface area contributed by atoms with E-state index in [1.807, 2.05) is 6.07 Å². The van der Waals surface area contributed by atoms with Gasteiger partial charge in [0.15, 0.2) is 0 Å².